The van der Waals surface area contributed by atoms with E-state index in [0.717, 1.165) is 35.5 Å². The fraction of sp³-hybridized carbons (Fsp3) is 0.368. The second-order valence-electron chi connectivity index (χ2n) is 6.63. The molecule has 27 heavy (non-hydrogen) atoms. The maximum Gasteiger partial charge on any atom is 0.416 e. The van der Waals surface area contributed by atoms with Crippen LogP contribution in [0.3, 0.4) is 0 Å². The van der Waals surface area contributed by atoms with Gasteiger partial charge in [-0.25, -0.2) is 8.42 Å². The van der Waals surface area contributed by atoms with Crippen LogP contribution in [-0.4, -0.2) is 38.9 Å². The van der Waals surface area contributed by atoms with Crippen LogP contribution < -0.4 is 4.90 Å². The number of sulfonamides is 1. The van der Waals surface area contributed by atoms with Crippen LogP contribution in [0.4, 0.5) is 18.9 Å². The van der Waals surface area contributed by atoms with Gasteiger partial charge >= 0.3 is 6.18 Å². The fourth-order valence-electron chi connectivity index (χ4n) is 3.21. The summed E-state index contributed by atoms with van der Waals surface area (Å²) < 4.78 is 64.8. The Morgan fingerprint density at radius 2 is 1.48 bits per heavy atom. The van der Waals surface area contributed by atoms with Crippen molar-refractivity contribution < 1.29 is 21.6 Å². The quantitative estimate of drug-likeness (QED) is 0.789. The van der Waals surface area contributed by atoms with Crippen molar-refractivity contribution in [3.05, 3.63) is 59.2 Å². The van der Waals surface area contributed by atoms with Crippen molar-refractivity contribution in [1.82, 2.24) is 4.31 Å². The monoisotopic (exact) mass is 398 g/mol. The van der Waals surface area contributed by atoms with Gasteiger partial charge in [0.2, 0.25) is 10.0 Å². The molecule has 0 bridgehead atoms. The molecule has 0 radical (unpaired) electrons. The first-order valence-electron chi connectivity index (χ1n) is 8.59. The summed E-state index contributed by atoms with van der Waals surface area (Å²) in [5.41, 5.74) is 2.56. The lowest BCUT2D eigenvalue weighted by molar-refractivity contribution is -0.137. The van der Waals surface area contributed by atoms with Gasteiger partial charge in [-0.3, -0.25) is 0 Å². The number of nitrogens with zero attached hydrogens (tertiary/aromatic N) is 2. The van der Waals surface area contributed by atoms with Crippen LogP contribution in [0.5, 0.6) is 0 Å². The number of alkyl halides is 3. The van der Waals surface area contributed by atoms with Crippen molar-refractivity contribution in [2.45, 2.75) is 24.9 Å². The second kappa shape index (κ2) is 7.16. The molecule has 2 aromatic carbocycles. The highest BCUT2D eigenvalue weighted by atomic mass is 32.2. The van der Waals surface area contributed by atoms with E-state index in [-0.39, 0.29) is 18.0 Å². The van der Waals surface area contributed by atoms with Crippen molar-refractivity contribution >= 4 is 15.7 Å². The molecular formula is C19H21F3N2O2S. The second-order valence-corrected chi connectivity index (χ2v) is 8.57. The summed E-state index contributed by atoms with van der Waals surface area (Å²) in [6, 6.07) is 9.68. The van der Waals surface area contributed by atoms with Crippen LogP contribution in [0.25, 0.3) is 0 Å². The van der Waals surface area contributed by atoms with Gasteiger partial charge in [0.25, 0.3) is 0 Å². The number of halogens is 3. The lowest BCUT2D eigenvalue weighted by Gasteiger charge is -2.36. The normalized spacial score (nSPS) is 16.6. The average Bonchev–Trinajstić information content (AvgIpc) is 2.63. The Balaban J connectivity index is 1.74. The summed E-state index contributed by atoms with van der Waals surface area (Å²) in [7, 11) is -3.81. The van der Waals surface area contributed by atoms with Gasteiger partial charge in [0.1, 0.15) is 0 Å². The van der Waals surface area contributed by atoms with Crippen LogP contribution in [0, 0.1) is 13.8 Å². The number of hydrogen-bond donors (Lipinski definition) is 0. The van der Waals surface area contributed by atoms with Gasteiger partial charge in [0.15, 0.2) is 0 Å². The largest absolute Gasteiger partial charge is 0.416 e. The first-order chi connectivity index (χ1) is 12.6. The smallest absolute Gasteiger partial charge is 0.369 e. The molecule has 1 saturated heterocycles. The van der Waals surface area contributed by atoms with Gasteiger partial charge in [-0.1, -0.05) is 12.1 Å². The molecule has 1 aliphatic rings. The molecule has 0 amide bonds. The topological polar surface area (TPSA) is 40.6 Å². The molecule has 146 valence electrons. The zero-order chi connectivity index (χ0) is 19.8. The van der Waals surface area contributed by atoms with Crippen molar-refractivity contribution in [3.63, 3.8) is 0 Å². The van der Waals surface area contributed by atoms with Gasteiger partial charge < -0.3 is 4.90 Å². The molecule has 0 N–H and O–H groups in total. The molecule has 3 rings (SSSR count). The molecule has 1 aliphatic heterocycles. The molecule has 0 unspecified atom stereocenters. The maximum atomic E-state index is 12.7. The van der Waals surface area contributed by atoms with Crippen molar-refractivity contribution in [2.24, 2.45) is 0 Å². The highest BCUT2D eigenvalue weighted by Crippen LogP contribution is 2.31. The van der Waals surface area contributed by atoms with Gasteiger partial charge in [-0.05, 0) is 55.3 Å². The first kappa shape index (κ1) is 19.7. The lowest BCUT2D eigenvalue weighted by Crippen LogP contribution is -2.48. The summed E-state index contributed by atoms with van der Waals surface area (Å²) >= 11 is 0. The standard InChI is InChI=1S/C19H21F3N2O2S/c1-14-4-3-5-18(15(14)2)23-10-12-24(13-11-23)27(25,26)17-8-6-16(7-9-17)19(20,21)22/h3-9H,10-13H2,1-2H3. The van der Waals surface area contributed by atoms with Gasteiger partial charge in [0, 0.05) is 31.9 Å². The molecule has 8 heteroatoms. The highest BCUT2D eigenvalue weighted by Gasteiger charge is 2.32. The summed E-state index contributed by atoms with van der Waals surface area (Å²) in [5.74, 6) is 0. The van der Waals surface area contributed by atoms with Crippen LogP contribution in [0.1, 0.15) is 16.7 Å². The number of rotatable bonds is 3. The minimum Gasteiger partial charge on any atom is -0.369 e. The molecule has 1 heterocycles. The predicted octanol–water partition coefficient (Wildman–Crippen LogP) is 3.83. The number of anilines is 1. The number of hydrogen-bond acceptors (Lipinski definition) is 3. The molecule has 4 nitrogen and oxygen atoms in total. The van der Waals surface area contributed by atoms with Crippen LogP contribution in [-0.2, 0) is 16.2 Å². The molecular weight excluding hydrogens is 377 g/mol. The Hall–Kier alpha value is -2.06. The first-order valence-corrected chi connectivity index (χ1v) is 10.0. The van der Waals surface area contributed by atoms with E-state index in [1.54, 1.807) is 0 Å². The van der Waals surface area contributed by atoms with E-state index in [0.29, 0.717) is 13.1 Å². The van der Waals surface area contributed by atoms with E-state index < -0.39 is 21.8 Å². The van der Waals surface area contributed by atoms with E-state index in [1.807, 2.05) is 32.0 Å². The Bertz CT molecular complexity index is 917. The van der Waals surface area contributed by atoms with Gasteiger partial charge in [-0.15, -0.1) is 0 Å². The molecule has 2 aromatic rings. The molecule has 0 aliphatic carbocycles. The zero-order valence-corrected chi connectivity index (χ0v) is 15.9. The Morgan fingerprint density at radius 3 is 2.04 bits per heavy atom. The lowest BCUT2D eigenvalue weighted by atomic mass is 10.1. The molecule has 1 fully saturated rings. The third-order valence-corrected chi connectivity index (χ3v) is 6.89. The third-order valence-electron chi connectivity index (χ3n) is 4.97. The molecule has 0 atom stereocenters. The van der Waals surface area contributed by atoms with Gasteiger partial charge in [0.05, 0.1) is 10.5 Å². The zero-order valence-electron chi connectivity index (χ0n) is 15.1. The Kier molecular flexibility index (Phi) is 5.22. The van der Waals surface area contributed by atoms with E-state index in [4.69, 9.17) is 0 Å². The van der Waals surface area contributed by atoms with E-state index in [9.17, 15) is 21.6 Å². The van der Waals surface area contributed by atoms with Crippen LogP contribution >= 0.6 is 0 Å². The summed E-state index contributed by atoms with van der Waals surface area (Å²) in [6.07, 6.45) is -4.49. The predicted molar refractivity (Wildman–Crippen MR) is 98.3 cm³/mol. The number of aryl methyl sites for hydroxylation is 1. The SMILES string of the molecule is Cc1cccc(N2CCN(S(=O)(=O)c3ccc(C(F)(F)F)cc3)CC2)c1C. The minimum atomic E-state index is -4.49. The van der Waals surface area contributed by atoms with Gasteiger partial charge in [-0.2, -0.15) is 17.5 Å². The average molecular weight is 398 g/mol. The molecule has 0 saturated carbocycles. The fourth-order valence-corrected chi connectivity index (χ4v) is 4.63. The van der Waals surface area contributed by atoms with Crippen LogP contribution in [0.2, 0.25) is 0 Å². The molecule has 0 aromatic heterocycles. The van der Waals surface area contributed by atoms with Crippen LogP contribution in [0.15, 0.2) is 47.4 Å². The molecule has 0 spiro atoms. The number of piperazine rings is 1. The third kappa shape index (κ3) is 3.96. The van der Waals surface area contributed by atoms with Crippen molar-refractivity contribution in [3.8, 4) is 0 Å². The minimum absolute atomic E-state index is 0.115. The number of benzene rings is 2. The Morgan fingerprint density at radius 1 is 0.889 bits per heavy atom. The highest BCUT2D eigenvalue weighted by molar-refractivity contribution is 7.89. The van der Waals surface area contributed by atoms with E-state index in [2.05, 4.69) is 4.90 Å². The summed E-state index contributed by atoms with van der Waals surface area (Å²) in [4.78, 5) is 2.02. The summed E-state index contributed by atoms with van der Waals surface area (Å²) in [5, 5.41) is 0. The Labute approximate surface area is 157 Å². The maximum absolute atomic E-state index is 12.7. The van der Waals surface area contributed by atoms with E-state index >= 15 is 0 Å². The van der Waals surface area contributed by atoms with Crippen molar-refractivity contribution in [2.75, 3.05) is 31.1 Å². The van der Waals surface area contributed by atoms with E-state index in [1.165, 1.54) is 9.87 Å². The van der Waals surface area contributed by atoms with Crippen molar-refractivity contribution in [1.29, 1.82) is 0 Å². The summed E-state index contributed by atoms with van der Waals surface area (Å²) in [6.45, 7) is 5.71.